The van der Waals surface area contributed by atoms with Crippen LogP contribution in [0.1, 0.15) is 12.8 Å². The van der Waals surface area contributed by atoms with E-state index in [1.165, 1.54) is 0 Å². The highest BCUT2D eigenvalue weighted by Gasteiger charge is 2.36. The van der Waals surface area contributed by atoms with Crippen molar-refractivity contribution in [2.45, 2.75) is 25.1 Å². The Morgan fingerprint density at radius 2 is 2.06 bits per heavy atom. The van der Waals surface area contributed by atoms with Crippen molar-refractivity contribution in [2.24, 2.45) is 11.7 Å². The van der Waals surface area contributed by atoms with Gasteiger partial charge in [-0.1, -0.05) is 0 Å². The molecular formula is C11H22F3N3O. The van der Waals surface area contributed by atoms with Crippen LogP contribution >= 0.6 is 0 Å². The van der Waals surface area contributed by atoms with E-state index in [4.69, 9.17) is 10.8 Å². The molecule has 0 aromatic heterocycles. The Labute approximate surface area is 105 Å². The lowest BCUT2D eigenvalue weighted by molar-refractivity contribution is -0.148. The second kappa shape index (κ2) is 7.28. The largest absolute Gasteiger partial charge is 0.395 e. The average Bonchev–Trinajstić information content (AvgIpc) is 2.24. The molecule has 0 saturated carbocycles. The molecule has 2 atom stereocenters. The normalized spacial score (nSPS) is 26.5. The van der Waals surface area contributed by atoms with E-state index in [1.54, 1.807) is 0 Å². The number of nitrogens with one attached hydrogen (secondary N) is 1. The van der Waals surface area contributed by atoms with Crippen LogP contribution in [0.3, 0.4) is 0 Å². The molecule has 0 spiro atoms. The third-order valence-electron chi connectivity index (χ3n) is 3.12. The smallest absolute Gasteiger partial charge is 0.389 e. The summed E-state index contributed by atoms with van der Waals surface area (Å²) >= 11 is 0. The molecule has 1 aliphatic rings. The fourth-order valence-corrected chi connectivity index (χ4v) is 2.56. The molecule has 1 saturated heterocycles. The first-order valence-electron chi connectivity index (χ1n) is 6.28. The summed E-state index contributed by atoms with van der Waals surface area (Å²) in [4.78, 5) is 1.97. The number of rotatable bonds is 6. The lowest BCUT2D eigenvalue weighted by Crippen LogP contribution is -2.51. The van der Waals surface area contributed by atoms with E-state index in [-0.39, 0.29) is 18.6 Å². The van der Waals surface area contributed by atoms with Crippen molar-refractivity contribution in [2.75, 3.05) is 39.3 Å². The molecule has 108 valence electrons. The highest BCUT2D eigenvalue weighted by atomic mass is 19.4. The Hall–Kier alpha value is -0.370. The maximum Gasteiger partial charge on any atom is 0.389 e. The van der Waals surface area contributed by atoms with Gasteiger partial charge in [0.15, 0.2) is 0 Å². The van der Waals surface area contributed by atoms with Crippen molar-refractivity contribution >= 4 is 0 Å². The summed E-state index contributed by atoms with van der Waals surface area (Å²) in [6.07, 6.45) is -4.36. The SMILES string of the molecule is NCCN1CC(CC(F)(F)F)CC(NCCO)C1. The molecule has 1 rings (SSSR count). The molecule has 1 aliphatic heterocycles. The van der Waals surface area contributed by atoms with Crippen LogP contribution < -0.4 is 11.1 Å². The average molecular weight is 269 g/mol. The molecule has 7 heteroatoms. The van der Waals surface area contributed by atoms with E-state index in [1.807, 2.05) is 4.90 Å². The van der Waals surface area contributed by atoms with E-state index in [0.717, 1.165) is 0 Å². The number of likely N-dealkylation sites (tertiary alicyclic amines) is 1. The van der Waals surface area contributed by atoms with E-state index in [9.17, 15) is 13.2 Å². The Bertz CT molecular complexity index is 238. The van der Waals surface area contributed by atoms with Gasteiger partial charge in [-0.2, -0.15) is 13.2 Å². The number of piperidine rings is 1. The fraction of sp³-hybridized carbons (Fsp3) is 1.00. The monoisotopic (exact) mass is 269 g/mol. The summed E-state index contributed by atoms with van der Waals surface area (Å²) in [7, 11) is 0. The summed E-state index contributed by atoms with van der Waals surface area (Å²) in [6.45, 7) is 2.63. The number of nitrogens with zero attached hydrogens (tertiary/aromatic N) is 1. The van der Waals surface area contributed by atoms with Crippen LogP contribution in [0.15, 0.2) is 0 Å². The first-order chi connectivity index (χ1) is 8.44. The van der Waals surface area contributed by atoms with E-state index in [0.29, 0.717) is 39.1 Å². The predicted octanol–water partition coefficient (Wildman–Crippen LogP) is 0.170. The van der Waals surface area contributed by atoms with E-state index in [2.05, 4.69) is 5.32 Å². The van der Waals surface area contributed by atoms with Gasteiger partial charge in [-0.05, 0) is 12.3 Å². The fourth-order valence-electron chi connectivity index (χ4n) is 2.56. The predicted molar refractivity (Wildman–Crippen MR) is 63.1 cm³/mol. The zero-order chi connectivity index (χ0) is 13.6. The summed E-state index contributed by atoms with van der Waals surface area (Å²) in [5.41, 5.74) is 5.45. The number of hydrogen-bond donors (Lipinski definition) is 3. The molecule has 0 amide bonds. The molecule has 0 aromatic carbocycles. The van der Waals surface area contributed by atoms with Crippen molar-refractivity contribution in [3.8, 4) is 0 Å². The molecule has 4 nitrogen and oxygen atoms in total. The van der Waals surface area contributed by atoms with Crippen LogP contribution in [-0.4, -0.2) is 61.6 Å². The maximum atomic E-state index is 12.4. The number of alkyl halides is 3. The third kappa shape index (κ3) is 5.99. The summed E-state index contributed by atoms with van der Waals surface area (Å²) in [6, 6.07) is 0.00444. The molecule has 0 bridgehead atoms. The van der Waals surface area contributed by atoms with Crippen LogP contribution in [0.4, 0.5) is 13.2 Å². The molecule has 0 aromatic rings. The first kappa shape index (κ1) is 15.7. The topological polar surface area (TPSA) is 61.5 Å². The standard InChI is InChI=1S/C11H22F3N3O/c12-11(13,14)6-9-5-10(16-2-4-18)8-17(7-9)3-1-15/h9-10,16,18H,1-8,15H2. The molecule has 18 heavy (non-hydrogen) atoms. The molecule has 4 N–H and O–H groups in total. The van der Waals surface area contributed by atoms with Crippen LogP contribution in [0, 0.1) is 5.92 Å². The van der Waals surface area contributed by atoms with Crippen LogP contribution in [0.5, 0.6) is 0 Å². The van der Waals surface area contributed by atoms with Gasteiger partial charge >= 0.3 is 6.18 Å². The van der Waals surface area contributed by atoms with Crippen molar-refractivity contribution in [1.82, 2.24) is 10.2 Å². The van der Waals surface area contributed by atoms with Gasteiger partial charge in [-0.15, -0.1) is 0 Å². The van der Waals surface area contributed by atoms with Gasteiger partial charge in [0.1, 0.15) is 0 Å². The van der Waals surface area contributed by atoms with Crippen LogP contribution in [0.2, 0.25) is 0 Å². The molecule has 0 aliphatic carbocycles. The highest BCUT2D eigenvalue weighted by Crippen LogP contribution is 2.30. The highest BCUT2D eigenvalue weighted by molar-refractivity contribution is 4.84. The van der Waals surface area contributed by atoms with Gasteiger partial charge in [-0.25, -0.2) is 0 Å². The zero-order valence-corrected chi connectivity index (χ0v) is 10.4. The molecule has 2 unspecified atom stereocenters. The van der Waals surface area contributed by atoms with Crippen LogP contribution in [0.25, 0.3) is 0 Å². The number of hydrogen-bond acceptors (Lipinski definition) is 4. The Morgan fingerprint density at radius 1 is 1.33 bits per heavy atom. The lowest BCUT2D eigenvalue weighted by Gasteiger charge is -2.38. The Kier molecular flexibility index (Phi) is 6.34. The molecule has 1 heterocycles. The number of aliphatic hydroxyl groups is 1. The molecular weight excluding hydrogens is 247 g/mol. The first-order valence-corrected chi connectivity index (χ1v) is 6.28. The third-order valence-corrected chi connectivity index (χ3v) is 3.12. The lowest BCUT2D eigenvalue weighted by atomic mass is 9.91. The summed E-state index contributed by atoms with van der Waals surface area (Å²) in [5.74, 6) is -0.388. The number of aliphatic hydroxyl groups excluding tert-OH is 1. The molecule has 1 fully saturated rings. The number of halogens is 3. The summed E-state index contributed by atoms with van der Waals surface area (Å²) < 4.78 is 37.3. The van der Waals surface area contributed by atoms with Crippen molar-refractivity contribution < 1.29 is 18.3 Å². The second-order valence-electron chi connectivity index (χ2n) is 4.84. The van der Waals surface area contributed by atoms with Crippen molar-refractivity contribution in [1.29, 1.82) is 0 Å². The Morgan fingerprint density at radius 3 is 2.61 bits per heavy atom. The van der Waals surface area contributed by atoms with E-state index >= 15 is 0 Å². The van der Waals surface area contributed by atoms with Gasteiger partial charge in [-0.3, -0.25) is 0 Å². The minimum absolute atomic E-state index is 0.00265. The van der Waals surface area contributed by atoms with Gasteiger partial charge in [0.2, 0.25) is 0 Å². The second-order valence-corrected chi connectivity index (χ2v) is 4.84. The van der Waals surface area contributed by atoms with Crippen molar-refractivity contribution in [3.63, 3.8) is 0 Å². The van der Waals surface area contributed by atoms with E-state index < -0.39 is 12.6 Å². The maximum absolute atomic E-state index is 12.4. The number of nitrogens with two attached hydrogens (primary N) is 1. The van der Waals surface area contributed by atoms with Crippen LogP contribution in [-0.2, 0) is 0 Å². The minimum Gasteiger partial charge on any atom is -0.395 e. The quantitative estimate of drug-likeness (QED) is 0.643. The summed E-state index contributed by atoms with van der Waals surface area (Å²) in [5, 5.41) is 11.8. The van der Waals surface area contributed by atoms with Gasteiger partial charge in [0, 0.05) is 45.2 Å². The minimum atomic E-state index is -4.11. The molecule has 0 radical (unpaired) electrons. The van der Waals surface area contributed by atoms with Crippen molar-refractivity contribution in [3.05, 3.63) is 0 Å². The zero-order valence-electron chi connectivity index (χ0n) is 10.4. The van der Waals surface area contributed by atoms with Gasteiger partial charge < -0.3 is 21.1 Å². The van der Waals surface area contributed by atoms with Gasteiger partial charge in [0.05, 0.1) is 6.61 Å². The Balaban J connectivity index is 2.50. The van der Waals surface area contributed by atoms with Gasteiger partial charge in [0.25, 0.3) is 0 Å².